The Labute approximate surface area is 210 Å². The number of aliphatic hydroxyl groups excluding tert-OH is 1. The van der Waals surface area contributed by atoms with Crippen molar-refractivity contribution >= 4 is 11.8 Å². The number of ketones is 1. The lowest BCUT2D eigenvalue weighted by Crippen LogP contribution is -2.59. The molecule has 0 bridgehead atoms. The molecule has 8 atom stereocenters. The second-order valence-corrected chi connectivity index (χ2v) is 11.4. The first-order chi connectivity index (χ1) is 16.1. The molecule has 1 fully saturated rings. The van der Waals surface area contributed by atoms with Gasteiger partial charge in [0.05, 0.1) is 17.8 Å². The van der Waals surface area contributed by atoms with Gasteiger partial charge in [-0.15, -0.1) is 0 Å². The van der Waals surface area contributed by atoms with Crippen molar-refractivity contribution in [2.75, 3.05) is 34.8 Å². The monoisotopic (exact) mass is 498 g/mol. The minimum absolute atomic E-state index is 0.143. The lowest BCUT2D eigenvalue weighted by Gasteiger charge is -2.47. The summed E-state index contributed by atoms with van der Waals surface area (Å²) in [5.41, 5.74) is -2.31. The number of hydrogen-bond donors (Lipinski definition) is 1. The van der Waals surface area contributed by atoms with E-state index in [0.29, 0.717) is 19.4 Å². The van der Waals surface area contributed by atoms with Crippen LogP contribution in [0, 0.1) is 17.3 Å². The Hall–Kier alpha value is -1.52. The molecule has 0 aromatic rings. The maximum atomic E-state index is 13.7. The van der Waals surface area contributed by atoms with Crippen LogP contribution in [0.15, 0.2) is 12.5 Å². The molecule has 0 spiro atoms. The zero-order valence-electron chi connectivity index (χ0n) is 23.1. The van der Waals surface area contributed by atoms with E-state index in [1.165, 1.54) is 6.26 Å². The van der Waals surface area contributed by atoms with Crippen LogP contribution in [0.5, 0.6) is 0 Å². The van der Waals surface area contributed by atoms with E-state index in [1.807, 2.05) is 44.8 Å². The molecule has 4 unspecified atom stereocenters. The highest BCUT2D eigenvalue weighted by Crippen LogP contribution is 2.38. The van der Waals surface area contributed by atoms with Crippen molar-refractivity contribution in [1.82, 2.24) is 9.80 Å². The minimum Gasteiger partial charge on any atom is -0.432 e. The average molecular weight is 499 g/mol. The molecule has 35 heavy (non-hydrogen) atoms. The lowest BCUT2D eigenvalue weighted by atomic mass is 9.74. The third-order valence-electron chi connectivity index (χ3n) is 7.46. The van der Waals surface area contributed by atoms with Crippen LogP contribution in [0.1, 0.15) is 54.4 Å². The van der Waals surface area contributed by atoms with E-state index >= 15 is 0 Å². The number of carbonyl (C=O) groups excluding carboxylic acids is 2. The molecule has 2 aliphatic heterocycles. The smallest absolute Gasteiger partial charge is 0.323 e. The molecule has 1 N–H and O–H groups in total. The molecule has 0 amide bonds. The molecule has 2 heterocycles. The molecule has 202 valence electrons. The van der Waals surface area contributed by atoms with Gasteiger partial charge in [0, 0.05) is 38.9 Å². The minimum atomic E-state index is -1.41. The Bertz CT molecular complexity index is 771. The highest BCUT2D eigenvalue weighted by Gasteiger charge is 2.51. The number of rotatable bonds is 4. The van der Waals surface area contributed by atoms with Crippen LogP contribution >= 0.6 is 0 Å². The average Bonchev–Trinajstić information content (AvgIpc) is 2.77. The molecule has 2 aliphatic rings. The van der Waals surface area contributed by atoms with E-state index in [1.54, 1.807) is 34.1 Å². The standard InChI is InChI=1S/C26H46N2O7/c1-16-14-26(6,32-10)22(35-23-20(29)19(27(7)8)13-17(2)34-23)18(3)21(30)25(4,5)24(31)33-12-11-28(9)15-16/h11-12,16-20,22-23,29H,13-15H2,1-10H3/t16?,17-,18?,19+,20-,22?,23+,26?/m1/s1. The van der Waals surface area contributed by atoms with E-state index in [9.17, 15) is 14.7 Å². The van der Waals surface area contributed by atoms with Crippen molar-refractivity contribution in [3.63, 3.8) is 0 Å². The summed E-state index contributed by atoms with van der Waals surface area (Å²) in [4.78, 5) is 30.5. The zero-order valence-corrected chi connectivity index (χ0v) is 23.1. The van der Waals surface area contributed by atoms with Gasteiger partial charge in [0.2, 0.25) is 0 Å². The van der Waals surface area contributed by atoms with Gasteiger partial charge in [-0.3, -0.25) is 9.59 Å². The van der Waals surface area contributed by atoms with Gasteiger partial charge in [-0.25, -0.2) is 0 Å². The fourth-order valence-corrected chi connectivity index (χ4v) is 5.37. The van der Waals surface area contributed by atoms with Gasteiger partial charge in [-0.2, -0.15) is 0 Å². The Morgan fingerprint density at radius 3 is 2.37 bits per heavy atom. The number of methoxy groups -OCH3 is 1. The topological polar surface area (TPSA) is 97.8 Å². The summed E-state index contributed by atoms with van der Waals surface area (Å²) in [7, 11) is 7.32. The van der Waals surface area contributed by atoms with Crippen molar-refractivity contribution < 1.29 is 33.6 Å². The number of ether oxygens (including phenoxy) is 4. The molecule has 0 aromatic heterocycles. The number of Topliss-reactive ketones (excluding diaryl/α,β-unsaturated/α-hetero) is 1. The predicted molar refractivity (Wildman–Crippen MR) is 132 cm³/mol. The Kier molecular flexibility index (Phi) is 9.92. The second kappa shape index (κ2) is 11.7. The van der Waals surface area contributed by atoms with Crippen LogP contribution in [-0.4, -0.2) is 97.7 Å². The van der Waals surface area contributed by atoms with Crippen LogP contribution in [0.2, 0.25) is 0 Å². The summed E-state index contributed by atoms with van der Waals surface area (Å²) in [6.45, 7) is 11.5. The van der Waals surface area contributed by atoms with Gasteiger partial charge in [0.15, 0.2) is 12.1 Å². The Morgan fingerprint density at radius 1 is 1.17 bits per heavy atom. The first-order valence-electron chi connectivity index (χ1n) is 12.5. The Morgan fingerprint density at radius 2 is 1.80 bits per heavy atom. The van der Waals surface area contributed by atoms with Crippen LogP contribution in [0.3, 0.4) is 0 Å². The van der Waals surface area contributed by atoms with Crippen LogP contribution in [-0.2, 0) is 28.5 Å². The van der Waals surface area contributed by atoms with Crippen molar-refractivity contribution in [3.8, 4) is 0 Å². The van der Waals surface area contributed by atoms with Crippen molar-refractivity contribution in [3.05, 3.63) is 12.5 Å². The summed E-state index contributed by atoms with van der Waals surface area (Å²) in [5, 5.41) is 11.1. The normalized spacial score (nSPS) is 39.5. The Balaban J connectivity index is 2.51. The third kappa shape index (κ3) is 6.83. The van der Waals surface area contributed by atoms with Gasteiger partial charge in [-0.1, -0.05) is 13.8 Å². The molecule has 0 radical (unpaired) electrons. The second-order valence-electron chi connectivity index (χ2n) is 11.4. The molecular weight excluding hydrogens is 452 g/mol. The van der Waals surface area contributed by atoms with E-state index in [-0.39, 0.29) is 23.8 Å². The highest BCUT2D eigenvalue weighted by atomic mass is 16.7. The number of aliphatic hydroxyl groups is 1. The summed E-state index contributed by atoms with van der Waals surface area (Å²) in [6, 6.07) is -0.164. The highest BCUT2D eigenvalue weighted by molar-refractivity contribution is 6.04. The van der Waals surface area contributed by atoms with Crippen LogP contribution < -0.4 is 0 Å². The van der Waals surface area contributed by atoms with Gasteiger partial charge >= 0.3 is 5.97 Å². The maximum Gasteiger partial charge on any atom is 0.323 e. The summed E-state index contributed by atoms with van der Waals surface area (Å²) < 4.78 is 23.9. The molecule has 0 aromatic carbocycles. The number of nitrogens with zero attached hydrogens (tertiary/aromatic N) is 2. The van der Waals surface area contributed by atoms with E-state index < -0.39 is 41.4 Å². The van der Waals surface area contributed by atoms with E-state index in [0.717, 1.165) is 0 Å². The largest absolute Gasteiger partial charge is 0.432 e. The van der Waals surface area contributed by atoms with Crippen molar-refractivity contribution in [2.24, 2.45) is 17.3 Å². The van der Waals surface area contributed by atoms with Gasteiger partial charge in [0.25, 0.3) is 0 Å². The van der Waals surface area contributed by atoms with Gasteiger partial charge < -0.3 is 33.9 Å². The number of hydrogen-bond acceptors (Lipinski definition) is 9. The quantitative estimate of drug-likeness (QED) is 0.463. The SMILES string of the molecule is COC1(C)CC(C)CN(C)C=COC(=O)C(C)(C)C(=O)C(C)C1O[C@@H]1O[C@H](C)C[C@H](N(C)C)[C@H]1O. The van der Waals surface area contributed by atoms with Crippen LogP contribution in [0.4, 0.5) is 0 Å². The van der Waals surface area contributed by atoms with E-state index in [4.69, 9.17) is 18.9 Å². The molecular formula is C26H46N2O7. The molecule has 9 nitrogen and oxygen atoms in total. The molecule has 1 saturated heterocycles. The number of esters is 1. The number of likely N-dealkylation sites (N-methyl/N-ethyl adjacent to an activating group) is 1. The molecule has 2 rings (SSSR count). The summed E-state index contributed by atoms with van der Waals surface area (Å²) in [6.07, 6.45) is 1.44. The van der Waals surface area contributed by atoms with Crippen molar-refractivity contribution in [1.29, 1.82) is 0 Å². The fourth-order valence-electron chi connectivity index (χ4n) is 5.37. The summed E-state index contributed by atoms with van der Waals surface area (Å²) >= 11 is 0. The summed E-state index contributed by atoms with van der Waals surface area (Å²) in [5.74, 6) is -1.56. The van der Waals surface area contributed by atoms with E-state index in [2.05, 4.69) is 6.92 Å². The fraction of sp³-hybridized carbons (Fsp3) is 0.846. The molecule has 9 heteroatoms. The van der Waals surface area contributed by atoms with Gasteiger partial charge in [-0.05, 0) is 60.5 Å². The molecule has 0 aliphatic carbocycles. The number of carbonyl (C=O) groups is 2. The molecule has 0 saturated carbocycles. The zero-order chi connectivity index (χ0) is 26.7. The lowest BCUT2D eigenvalue weighted by molar-refractivity contribution is -0.295. The maximum absolute atomic E-state index is 13.7. The first kappa shape index (κ1) is 29.7. The number of cyclic esters (lactones) is 1. The van der Waals surface area contributed by atoms with Crippen LogP contribution in [0.25, 0.3) is 0 Å². The van der Waals surface area contributed by atoms with Crippen molar-refractivity contribution in [2.45, 2.75) is 90.6 Å². The van der Waals surface area contributed by atoms with Gasteiger partial charge in [0.1, 0.15) is 17.8 Å². The first-order valence-corrected chi connectivity index (χ1v) is 12.5. The predicted octanol–water partition coefficient (Wildman–Crippen LogP) is 2.42. The third-order valence-corrected chi connectivity index (χ3v) is 7.46.